The summed E-state index contributed by atoms with van der Waals surface area (Å²) in [5.41, 5.74) is 4.40. The number of fused-ring (bicyclic) bond motifs is 1. The molecule has 1 aliphatic rings. The molecule has 0 fully saturated rings. The van der Waals surface area contributed by atoms with Crippen LogP contribution in [0.15, 0.2) is 35.3 Å². The van der Waals surface area contributed by atoms with Gasteiger partial charge in [-0.15, -0.1) is 0 Å². The van der Waals surface area contributed by atoms with E-state index in [4.69, 9.17) is 27.9 Å². The number of aromatic nitrogens is 1. The van der Waals surface area contributed by atoms with Crippen LogP contribution in [0.3, 0.4) is 0 Å². The van der Waals surface area contributed by atoms with Crippen LogP contribution in [0.25, 0.3) is 0 Å². The molecule has 2 aromatic rings. The SMILES string of the molecule is COc1cccc2c1N(NC(=O)c1ccc(Cl)nc1Cl)CC=N2. The van der Waals surface area contributed by atoms with Gasteiger partial charge in [-0.2, -0.15) is 0 Å². The van der Waals surface area contributed by atoms with Gasteiger partial charge in [-0.25, -0.2) is 4.98 Å². The summed E-state index contributed by atoms with van der Waals surface area (Å²) in [5.74, 6) is 0.214. The third kappa shape index (κ3) is 3.09. The first kappa shape index (κ1) is 15.6. The molecule has 0 unspecified atom stereocenters. The minimum atomic E-state index is -0.397. The largest absolute Gasteiger partial charge is 0.494 e. The average Bonchev–Trinajstić information content (AvgIpc) is 2.54. The lowest BCUT2D eigenvalue weighted by molar-refractivity contribution is 0.0950. The summed E-state index contributed by atoms with van der Waals surface area (Å²) in [7, 11) is 1.56. The van der Waals surface area contributed by atoms with Crippen LogP contribution in [0.1, 0.15) is 10.4 Å². The highest BCUT2D eigenvalue weighted by atomic mass is 35.5. The van der Waals surface area contributed by atoms with Crippen LogP contribution in [0.4, 0.5) is 11.4 Å². The van der Waals surface area contributed by atoms with E-state index in [9.17, 15) is 4.79 Å². The molecule has 2 heterocycles. The van der Waals surface area contributed by atoms with Crippen molar-refractivity contribution in [1.82, 2.24) is 10.4 Å². The van der Waals surface area contributed by atoms with Gasteiger partial charge < -0.3 is 4.74 Å². The zero-order chi connectivity index (χ0) is 16.4. The fourth-order valence-electron chi connectivity index (χ4n) is 2.23. The van der Waals surface area contributed by atoms with Crippen molar-refractivity contribution in [1.29, 1.82) is 0 Å². The molecule has 23 heavy (non-hydrogen) atoms. The Morgan fingerprint density at radius 3 is 2.87 bits per heavy atom. The highest BCUT2D eigenvalue weighted by Gasteiger charge is 2.22. The number of anilines is 1. The number of hydrogen-bond acceptors (Lipinski definition) is 5. The second-order valence-electron chi connectivity index (χ2n) is 4.66. The molecule has 1 N–H and O–H groups in total. The summed E-state index contributed by atoms with van der Waals surface area (Å²) in [5, 5.41) is 1.92. The number of hydrazine groups is 1. The Balaban J connectivity index is 1.90. The molecule has 0 saturated heterocycles. The first-order chi connectivity index (χ1) is 11.1. The molecule has 0 bridgehead atoms. The Kier molecular flexibility index (Phi) is 4.36. The van der Waals surface area contributed by atoms with Crippen molar-refractivity contribution in [2.24, 2.45) is 4.99 Å². The number of pyridine rings is 1. The number of para-hydroxylation sites is 1. The van der Waals surface area contributed by atoms with Crippen molar-refractivity contribution in [3.8, 4) is 5.75 Å². The number of hydrogen-bond donors (Lipinski definition) is 1. The molecule has 6 nitrogen and oxygen atoms in total. The number of nitrogens with one attached hydrogen (secondary N) is 1. The zero-order valence-electron chi connectivity index (χ0n) is 12.1. The van der Waals surface area contributed by atoms with Gasteiger partial charge in [0.1, 0.15) is 21.7 Å². The Bertz CT molecular complexity index is 795. The Hall–Kier alpha value is -2.31. The van der Waals surface area contributed by atoms with E-state index in [0.29, 0.717) is 23.7 Å². The first-order valence-electron chi connectivity index (χ1n) is 6.70. The van der Waals surface area contributed by atoms with E-state index < -0.39 is 5.91 Å². The highest BCUT2D eigenvalue weighted by molar-refractivity contribution is 6.34. The van der Waals surface area contributed by atoms with Crippen molar-refractivity contribution in [2.75, 3.05) is 18.7 Å². The van der Waals surface area contributed by atoms with Gasteiger partial charge >= 0.3 is 0 Å². The maximum Gasteiger partial charge on any atom is 0.272 e. The van der Waals surface area contributed by atoms with Crippen molar-refractivity contribution >= 4 is 46.7 Å². The molecule has 0 aliphatic carbocycles. The molecule has 0 spiro atoms. The molecule has 1 aromatic carbocycles. The predicted molar refractivity (Wildman–Crippen MR) is 90.2 cm³/mol. The Labute approximate surface area is 142 Å². The molecule has 3 rings (SSSR count). The molecule has 1 amide bonds. The number of benzene rings is 1. The van der Waals surface area contributed by atoms with Crippen LogP contribution in [0, 0.1) is 0 Å². The molecule has 0 saturated carbocycles. The molecule has 1 aliphatic heterocycles. The topological polar surface area (TPSA) is 66.8 Å². The summed E-state index contributed by atoms with van der Waals surface area (Å²) < 4.78 is 5.35. The summed E-state index contributed by atoms with van der Waals surface area (Å²) in [4.78, 5) is 20.6. The second kappa shape index (κ2) is 6.44. The number of carbonyl (C=O) groups is 1. The maximum atomic E-state index is 12.4. The summed E-state index contributed by atoms with van der Waals surface area (Å²) in [6.07, 6.45) is 1.70. The quantitative estimate of drug-likeness (QED) is 0.862. The molecular formula is C15H12Cl2N4O2. The first-order valence-corrected chi connectivity index (χ1v) is 7.46. The standard InChI is InChI=1S/C15H12Cl2N4O2/c1-23-11-4-2-3-10-13(11)21(8-7-18-10)20-15(22)9-5-6-12(16)19-14(9)17/h2-7H,8H2,1H3,(H,20,22). The molecule has 0 atom stereocenters. The smallest absolute Gasteiger partial charge is 0.272 e. The predicted octanol–water partition coefficient (Wildman–Crippen LogP) is 3.26. The van der Waals surface area contributed by atoms with Gasteiger partial charge in [0.15, 0.2) is 0 Å². The van der Waals surface area contributed by atoms with Crippen LogP contribution >= 0.6 is 23.2 Å². The molecular weight excluding hydrogens is 339 g/mol. The fraction of sp³-hybridized carbons (Fsp3) is 0.133. The maximum absolute atomic E-state index is 12.4. The van der Waals surface area contributed by atoms with Gasteiger partial charge in [0.2, 0.25) is 0 Å². The normalized spacial score (nSPS) is 12.7. The number of rotatable bonds is 3. The summed E-state index contributed by atoms with van der Waals surface area (Å²) in [6.45, 7) is 0.401. The summed E-state index contributed by atoms with van der Waals surface area (Å²) in [6, 6.07) is 8.50. The van der Waals surface area contributed by atoms with Crippen molar-refractivity contribution in [2.45, 2.75) is 0 Å². The number of nitrogens with zero attached hydrogens (tertiary/aromatic N) is 3. The van der Waals surface area contributed by atoms with Crippen LogP contribution in [0.5, 0.6) is 5.75 Å². The summed E-state index contributed by atoms with van der Waals surface area (Å²) >= 11 is 11.7. The number of halogens is 2. The lowest BCUT2D eigenvalue weighted by Gasteiger charge is -2.29. The van der Waals surface area contributed by atoms with Gasteiger partial charge in [0.25, 0.3) is 5.91 Å². The molecule has 1 aromatic heterocycles. The number of ether oxygens (including phenoxy) is 1. The van der Waals surface area contributed by atoms with Crippen LogP contribution in [-0.2, 0) is 0 Å². The Morgan fingerprint density at radius 1 is 1.30 bits per heavy atom. The minimum absolute atomic E-state index is 0.0425. The lowest BCUT2D eigenvalue weighted by atomic mass is 10.2. The van der Waals surface area contributed by atoms with E-state index in [1.54, 1.807) is 24.4 Å². The number of carbonyl (C=O) groups excluding carboxylic acids is 1. The van der Waals surface area contributed by atoms with Gasteiger partial charge in [-0.05, 0) is 24.3 Å². The average molecular weight is 351 g/mol. The lowest BCUT2D eigenvalue weighted by Crippen LogP contribution is -2.44. The van der Waals surface area contributed by atoms with Crippen molar-refractivity contribution in [3.63, 3.8) is 0 Å². The van der Waals surface area contributed by atoms with E-state index in [1.165, 1.54) is 12.1 Å². The van der Waals surface area contributed by atoms with E-state index in [0.717, 1.165) is 0 Å². The monoisotopic (exact) mass is 350 g/mol. The van der Waals surface area contributed by atoms with Gasteiger partial charge in [0.05, 0.1) is 24.9 Å². The van der Waals surface area contributed by atoms with Crippen molar-refractivity contribution < 1.29 is 9.53 Å². The molecule has 8 heteroatoms. The van der Waals surface area contributed by atoms with E-state index in [1.807, 2.05) is 12.1 Å². The molecule has 0 radical (unpaired) electrons. The van der Waals surface area contributed by atoms with Gasteiger partial charge in [-0.3, -0.25) is 20.2 Å². The van der Waals surface area contributed by atoms with E-state index >= 15 is 0 Å². The number of aliphatic imine (C=N–C) groups is 1. The second-order valence-corrected chi connectivity index (χ2v) is 5.41. The van der Waals surface area contributed by atoms with Gasteiger partial charge in [0, 0.05) is 6.21 Å². The zero-order valence-corrected chi connectivity index (χ0v) is 13.6. The third-order valence-electron chi connectivity index (χ3n) is 3.26. The van der Waals surface area contributed by atoms with E-state index in [-0.39, 0.29) is 15.9 Å². The minimum Gasteiger partial charge on any atom is -0.494 e. The third-order valence-corrected chi connectivity index (χ3v) is 3.76. The van der Waals surface area contributed by atoms with Crippen LogP contribution < -0.4 is 15.2 Å². The number of methoxy groups -OCH3 is 1. The molecule has 118 valence electrons. The fourth-order valence-corrected chi connectivity index (χ4v) is 2.66. The van der Waals surface area contributed by atoms with Crippen LogP contribution in [-0.4, -0.2) is 30.8 Å². The number of amides is 1. The van der Waals surface area contributed by atoms with Crippen molar-refractivity contribution in [3.05, 3.63) is 46.2 Å². The highest BCUT2D eigenvalue weighted by Crippen LogP contribution is 2.38. The van der Waals surface area contributed by atoms with E-state index in [2.05, 4.69) is 15.4 Å². The Morgan fingerprint density at radius 2 is 2.13 bits per heavy atom. The van der Waals surface area contributed by atoms with Gasteiger partial charge in [-0.1, -0.05) is 29.3 Å². The van der Waals surface area contributed by atoms with Crippen LogP contribution in [0.2, 0.25) is 10.3 Å².